The molecule has 0 unspecified atom stereocenters. The lowest BCUT2D eigenvalue weighted by molar-refractivity contribution is -0.145. The van der Waals surface area contributed by atoms with Crippen LogP contribution >= 0.6 is 0 Å². The molecule has 1 aromatic rings. The van der Waals surface area contributed by atoms with E-state index in [9.17, 15) is 12.8 Å². The highest BCUT2D eigenvalue weighted by Crippen LogP contribution is 2.21. The molecule has 1 aliphatic rings. The van der Waals surface area contributed by atoms with Gasteiger partial charge in [-0.05, 0) is 25.0 Å². The number of halogens is 1. The zero-order valence-electron chi connectivity index (χ0n) is 12.0. The standard InChI is InChI=1S/C14H20FNO4S/c1-14(19-9-10-20-14)7-8-16-21(17,18)11-6-12-4-2-3-5-13(12)15/h2-5,16H,6-11H2,1H3. The molecule has 5 nitrogen and oxygen atoms in total. The summed E-state index contributed by atoms with van der Waals surface area (Å²) in [6, 6.07) is 6.18. The molecule has 0 bridgehead atoms. The van der Waals surface area contributed by atoms with Gasteiger partial charge in [0.25, 0.3) is 0 Å². The van der Waals surface area contributed by atoms with Crippen LogP contribution < -0.4 is 4.72 Å². The third kappa shape index (κ3) is 5.03. The first-order valence-electron chi connectivity index (χ1n) is 6.89. The van der Waals surface area contributed by atoms with Gasteiger partial charge in [0.2, 0.25) is 10.0 Å². The van der Waals surface area contributed by atoms with Crippen molar-refractivity contribution in [3.8, 4) is 0 Å². The van der Waals surface area contributed by atoms with E-state index in [1.165, 1.54) is 6.07 Å². The molecule has 7 heteroatoms. The van der Waals surface area contributed by atoms with E-state index >= 15 is 0 Å². The SMILES string of the molecule is CC1(CCNS(=O)(=O)CCc2ccccc2F)OCCO1. The molecule has 0 aliphatic carbocycles. The molecule has 1 heterocycles. The van der Waals surface area contributed by atoms with Crippen molar-refractivity contribution >= 4 is 10.0 Å². The first-order valence-corrected chi connectivity index (χ1v) is 8.54. The van der Waals surface area contributed by atoms with E-state index in [1.807, 2.05) is 0 Å². The fourth-order valence-corrected chi connectivity index (χ4v) is 3.20. The van der Waals surface area contributed by atoms with Gasteiger partial charge in [0, 0.05) is 13.0 Å². The van der Waals surface area contributed by atoms with Gasteiger partial charge in [0.1, 0.15) is 5.82 Å². The van der Waals surface area contributed by atoms with E-state index in [0.29, 0.717) is 25.2 Å². The number of hydrogen-bond donors (Lipinski definition) is 1. The van der Waals surface area contributed by atoms with Crippen molar-refractivity contribution in [2.24, 2.45) is 0 Å². The van der Waals surface area contributed by atoms with Crippen LogP contribution in [0.15, 0.2) is 24.3 Å². The van der Waals surface area contributed by atoms with Crippen LogP contribution in [0.4, 0.5) is 4.39 Å². The minimum atomic E-state index is -3.44. The molecule has 1 N–H and O–H groups in total. The predicted octanol–water partition coefficient (Wildman–Crippen LogP) is 1.44. The molecule has 0 amide bonds. The Labute approximate surface area is 124 Å². The van der Waals surface area contributed by atoms with Crippen molar-refractivity contribution in [2.45, 2.75) is 25.6 Å². The second kappa shape index (κ2) is 6.83. The lowest BCUT2D eigenvalue weighted by atomic mass is 10.2. The van der Waals surface area contributed by atoms with Gasteiger partial charge in [-0.2, -0.15) is 0 Å². The molecular formula is C14H20FNO4S. The highest BCUT2D eigenvalue weighted by molar-refractivity contribution is 7.89. The lowest BCUT2D eigenvalue weighted by Gasteiger charge is -2.22. The second-order valence-electron chi connectivity index (χ2n) is 5.14. The van der Waals surface area contributed by atoms with Crippen LogP contribution in [0.5, 0.6) is 0 Å². The summed E-state index contributed by atoms with van der Waals surface area (Å²) in [6.07, 6.45) is 0.582. The summed E-state index contributed by atoms with van der Waals surface area (Å²) < 4.78 is 50.5. The molecule has 0 spiro atoms. The largest absolute Gasteiger partial charge is 0.348 e. The smallest absolute Gasteiger partial charge is 0.211 e. The van der Waals surface area contributed by atoms with Crippen molar-refractivity contribution in [3.63, 3.8) is 0 Å². The van der Waals surface area contributed by atoms with Gasteiger partial charge in [-0.1, -0.05) is 18.2 Å². The number of nitrogens with one attached hydrogen (secondary N) is 1. The van der Waals surface area contributed by atoms with Crippen molar-refractivity contribution in [2.75, 3.05) is 25.5 Å². The third-order valence-corrected chi connectivity index (χ3v) is 4.78. The summed E-state index contributed by atoms with van der Waals surface area (Å²) in [4.78, 5) is 0. The molecule has 1 aromatic carbocycles. The van der Waals surface area contributed by atoms with E-state index in [0.717, 1.165) is 0 Å². The molecule has 0 atom stereocenters. The average molecular weight is 317 g/mol. The van der Waals surface area contributed by atoms with Gasteiger partial charge in [-0.15, -0.1) is 0 Å². The summed E-state index contributed by atoms with van der Waals surface area (Å²) >= 11 is 0. The predicted molar refractivity (Wildman–Crippen MR) is 76.8 cm³/mol. The van der Waals surface area contributed by atoms with Crippen molar-refractivity contribution in [1.29, 1.82) is 0 Å². The van der Waals surface area contributed by atoms with Gasteiger partial charge < -0.3 is 9.47 Å². The minimum absolute atomic E-state index is 0.145. The maximum absolute atomic E-state index is 13.4. The van der Waals surface area contributed by atoms with E-state index < -0.39 is 15.8 Å². The number of rotatable bonds is 7. The summed E-state index contributed by atoms with van der Waals surface area (Å²) in [7, 11) is -3.44. The van der Waals surface area contributed by atoms with Gasteiger partial charge in [0.05, 0.1) is 19.0 Å². The molecule has 1 fully saturated rings. The van der Waals surface area contributed by atoms with Crippen LogP contribution in [0.2, 0.25) is 0 Å². The molecule has 2 rings (SSSR count). The third-order valence-electron chi connectivity index (χ3n) is 3.40. The summed E-state index contributed by atoms with van der Waals surface area (Å²) in [5.74, 6) is -1.24. The number of aryl methyl sites for hydroxylation is 1. The van der Waals surface area contributed by atoms with E-state index in [4.69, 9.17) is 9.47 Å². The summed E-state index contributed by atoms with van der Waals surface area (Å²) in [6.45, 7) is 3.07. The van der Waals surface area contributed by atoms with Crippen LogP contribution in [-0.2, 0) is 25.9 Å². The Morgan fingerprint density at radius 2 is 1.95 bits per heavy atom. The molecular weight excluding hydrogens is 297 g/mol. The summed E-state index contributed by atoms with van der Waals surface area (Å²) in [5, 5.41) is 0. The number of benzene rings is 1. The topological polar surface area (TPSA) is 64.6 Å². The van der Waals surface area contributed by atoms with Gasteiger partial charge in [-0.25, -0.2) is 17.5 Å². The van der Waals surface area contributed by atoms with E-state index in [-0.39, 0.29) is 24.5 Å². The van der Waals surface area contributed by atoms with Crippen molar-refractivity contribution in [1.82, 2.24) is 4.72 Å². The molecule has 1 aliphatic heterocycles. The molecule has 0 radical (unpaired) electrons. The Bertz CT molecular complexity index is 570. The van der Waals surface area contributed by atoms with Crippen LogP contribution in [0.3, 0.4) is 0 Å². The Hall–Kier alpha value is -1.02. The Kier molecular flexibility index (Phi) is 5.32. The normalized spacial score (nSPS) is 18.0. The van der Waals surface area contributed by atoms with Crippen LogP contribution in [0.25, 0.3) is 0 Å². The van der Waals surface area contributed by atoms with Crippen LogP contribution in [0, 0.1) is 5.82 Å². The monoisotopic (exact) mass is 317 g/mol. The fourth-order valence-electron chi connectivity index (χ4n) is 2.15. The zero-order chi connectivity index (χ0) is 15.3. The fraction of sp³-hybridized carbons (Fsp3) is 0.571. The molecule has 118 valence electrons. The maximum atomic E-state index is 13.4. The maximum Gasteiger partial charge on any atom is 0.211 e. The zero-order valence-corrected chi connectivity index (χ0v) is 12.8. The number of sulfonamides is 1. The Morgan fingerprint density at radius 1 is 1.29 bits per heavy atom. The number of ether oxygens (including phenoxy) is 2. The van der Waals surface area contributed by atoms with Gasteiger partial charge in [-0.3, -0.25) is 0 Å². The first-order chi connectivity index (χ1) is 9.90. The van der Waals surface area contributed by atoms with E-state index in [1.54, 1.807) is 25.1 Å². The van der Waals surface area contributed by atoms with Crippen LogP contribution in [-0.4, -0.2) is 39.7 Å². The Morgan fingerprint density at radius 3 is 2.62 bits per heavy atom. The second-order valence-corrected chi connectivity index (χ2v) is 7.06. The first kappa shape index (κ1) is 16.4. The van der Waals surface area contributed by atoms with Crippen LogP contribution in [0.1, 0.15) is 18.9 Å². The average Bonchev–Trinajstić information content (AvgIpc) is 2.84. The summed E-state index contributed by atoms with van der Waals surface area (Å²) in [5.41, 5.74) is 0.400. The quantitative estimate of drug-likeness (QED) is 0.826. The van der Waals surface area contributed by atoms with Gasteiger partial charge >= 0.3 is 0 Å². The lowest BCUT2D eigenvalue weighted by Crippen LogP contribution is -2.35. The molecule has 0 aromatic heterocycles. The molecule has 1 saturated heterocycles. The minimum Gasteiger partial charge on any atom is -0.348 e. The van der Waals surface area contributed by atoms with Crippen molar-refractivity contribution in [3.05, 3.63) is 35.6 Å². The molecule has 21 heavy (non-hydrogen) atoms. The van der Waals surface area contributed by atoms with Crippen molar-refractivity contribution < 1.29 is 22.3 Å². The number of hydrogen-bond acceptors (Lipinski definition) is 4. The van der Waals surface area contributed by atoms with E-state index in [2.05, 4.69) is 4.72 Å². The Balaban J connectivity index is 1.78. The molecule has 0 saturated carbocycles. The highest BCUT2D eigenvalue weighted by atomic mass is 32.2. The van der Waals surface area contributed by atoms with Gasteiger partial charge in [0.15, 0.2) is 5.79 Å². The highest BCUT2D eigenvalue weighted by Gasteiger charge is 2.30.